The van der Waals surface area contributed by atoms with Gasteiger partial charge < -0.3 is 5.32 Å². The summed E-state index contributed by atoms with van der Waals surface area (Å²) in [6, 6.07) is 10.6. The van der Waals surface area contributed by atoms with Gasteiger partial charge in [0.05, 0.1) is 16.7 Å². The van der Waals surface area contributed by atoms with Gasteiger partial charge in [-0.25, -0.2) is 0 Å². The number of aromatic nitrogens is 1. The lowest BCUT2D eigenvalue weighted by molar-refractivity contribution is -0.384. The molecule has 1 aromatic heterocycles. The number of nitrogens with one attached hydrogen (secondary N) is 1. The molecular formula is C13H12IN3O2. The first-order chi connectivity index (χ1) is 9.08. The highest BCUT2D eigenvalue weighted by Gasteiger charge is 2.16. The van der Waals surface area contributed by atoms with E-state index in [0.717, 1.165) is 9.26 Å². The summed E-state index contributed by atoms with van der Waals surface area (Å²) in [6.07, 6.45) is 1.70. The number of nitrogens with zero attached hydrogens (tertiary/aromatic N) is 2. The van der Waals surface area contributed by atoms with Gasteiger partial charge in [-0.15, -0.1) is 0 Å². The summed E-state index contributed by atoms with van der Waals surface area (Å²) in [7, 11) is 0. The van der Waals surface area contributed by atoms with Crippen LogP contribution in [-0.4, -0.2) is 9.91 Å². The number of benzene rings is 1. The molecule has 0 saturated carbocycles. The van der Waals surface area contributed by atoms with Gasteiger partial charge in [-0.3, -0.25) is 15.1 Å². The molecule has 0 bridgehead atoms. The number of pyridine rings is 1. The van der Waals surface area contributed by atoms with Crippen LogP contribution in [0.4, 0.5) is 11.4 Å². The van der Waals surface area contributed by atoms with Gasteiger partial charge in [0.15, 0.2) is 0 Å². The largest absolute Gasteiger partial charge is 0.371 e. The monoisotopic (exact) mass is 369 g/mol. The molecule has 2 aromatic rings. The van der Waals surface area contributed by atoms with Gasteiger partial charge in [-0.1, -0.05) is 6.07 Å². The van der Waals surface area contributed by atoms with Crippen LogP contribution in [0.15, 0.2) is 42.6 Å². The van der Waals surface area contributed by atoms with E-state index in [1.54, 1.807) is 18.3 Å². The van der Waals surface area contributed by atoms with Crippen molar-refractivity contribution in [2.24, 2.45) is 0 Å². The Labute approximate surface area is 124 Å². The molecule has 0 spiro atoms. The molecule has 1 N–H and O–H groups in total. The van der Waals surface area contributed by atoms with Crippen molar-refractivity contribution < 1.29 is 4.92 Å². The normalized spacial score (nSPS) is 11.9. The van der Waals surface area contributed by atoms with E-state index in [2.05, 4.69) is 32.9 Å². The topological polar surface area (TPSA) is 68.1 Å². The average molecular weight is 369 g/mol. The SMILES string of the molecule is CC(Nc1ccc(I)cc1[N+](=O)[O-])c1ccccn1. The molecule has 6 heteroatoms. The van der Waals surface area contributed by atoms with E-state index < -0.39 is 0 Å². The van der Waals surface area contributed by atoms with Crippen molar-refractivity contribution >= 4 is 34.0 Å². The Morgan fingerprint density at radius 1 is 1.37 bits per heavy atom. The van der Waals surface area contributed by atoms with E-state index in [-0.39, 0.29) is 16.7 Å². The van der Waals surface area contributed by atoms with E-state index in [4.69, 9.17) is 0 Å². The van der Waals surface area contributed by atoms with E-state index >= 15 is 0 Å². The first kappa shape index (κ1) is 13.7. The van der Waals surface area contributed by atoms with Gasteiger partial charge in [0.25, 0.3) is 5.69 Å². The van der Waals surface area contributed by atoms with Crippen LogP contribution in [0, 0.1) is 13.7 Å². The van der Waals surface area contributed by atoms with Crippen LogP contribution in [0.2, 0.25) is 0 Å². The molecule has 19 heavy (non-hydrogen) atoms. The van der Waals surface area contributed by atoms with Crippen molar-refractivity contribution in [3.05, 3.63) is 62.0 Å². The standard InChI is InChI=1S/C13H12IN3O2/c1-9(11-4-2-3-7-15-11)16-12-6-5-10(14)8-13(12)17(18)19/h2-9,16H,1H3. The van der Waals surface area contributed by atoms with Gasteiger partial charge in [-0.2, -0.15) is 0 Å². The zero-order chi connectivity index (χ0) is 13.8. The summed E-state index contributed by atoms with van der Waals surface area (Å²) < 4.78 is 0.834. The highest BCUT2D eigenvalue weighted by Crippen LogP contribution is 2.29. The summed E-state index contributed by atoms with van der Waals surface area (Å²) in [6.45, 7) is 1.92. The number of hydrogen-bond donors (Lipinski definition) is 1. The maximum Gasteiger partial charge on any atom is 0.293 e. The average Bonchev–Trinajstić information content (AvgIpc) is 2.41. The maximum atomic E-state index is 11.0. The Morgan fingerprint density at radius 3 is 2.79 bits per heavy atom. The third-order valence-electron chi connectivity index (χ3n) is 2.66. The number of nitro benzene ring substituents is 1. The number of nitro groups is 1. The first-order valence-corrected chi connectivity index (χ1v) is 6.77. The summed E-state index contributed by atoms with van der Waals surface area (Å²) >= 11 is 2.06. The number of hydrogen-bond acceptors (Lipinski definition) is 4. The van der Waals surface area contributed by atoms with Crippen LogP contribution < -0.4 is 5.32 Å². The fourth-order valence-electron chi connectivity index (χ4n) is 1.72. The second-order valence-corrected chi connectivity index (χ2v) is 5.28. The van der Waals surface area contributed by atoms with Crippen LogP contribution in [0.1, 0.15) is 18.7 Å². The molecule has 1 atom stereocenters. The molecule has 0 aliphatic rings. The molecule has 5 nitrogen and oxygen atoms in total. The number of halogens is 1. The van der Waals surface area contributed by atoms with Crippen LogP contribution in [0.25, 0.3) is 0 Å². The lowest BCUT2D eigenvalue weighted by Crippen LogP contribution is -2.09. The Bertz CT molecular complexity index is 590. The van der Waals surface area contributed by atoms with Gasteiger partial charge in [-0.05, 0) is 53.8 Å². The molecule has 0 saturated heterocycles. The summed E-state index contributed by atoms with van der Waals surface area (Å²) in [5.41, 5.74) is 1.42. The van der Waals surface area contributed by atoms with Gasteiger partial charge >= 0.3 is 0 Å². The first-order valence-electron chi connectivity index (χ1n) is 5.69. The third-order valence-corrected chi connectivity index (χ3v) is 3.33. The Morgan fingerprint density at radius 2 is 2.16 bits per heavy atom. The molecule has 0 radical (unpaired) electrons. The van der Waals surface area contributed by atoms with E-state index in [0.29, 0.717) is 5.69 Å². The second-order valence-electron chi connectivity index (χ2n) is 4.04. The second kappa shape index (κ2) is 5.96. The van der Waals surface area contributed by atoms with Crippen molar-refractivity contribution in [3.8, 4) is 0 Å². The van der Waals surface area contributed by atoms with Gasteiger partial charge in [0.1, 0.15) is 5.69 Å². The minimum absolute atomic E-state index is 0.0784. The van der Waals surface area contributed by atoms with Crippen molar-refractivity contribution in [1.29, 1.82) is 0 Å². The molecule has 0 fully saturated rings. The quantitative estimate of drug-likeness (QED) is 0.506. The smallest absolute Gasteiger partial charge is 0.293 e. The lowest BCUT2D eigenvalue weighted by atomic mass is 10.2. The van der Waals surface area contributed by atoms with Gasteiger partial charge in [0, 0.05) is 15.8 Å². The number of anilines is 1. The predicted octanol–water partition coefficient (Wildman–Crippen LogP) is 3.77. The zero-order valence-electron chi connectivity index (χ0n) is 10.2. The highest BCUT2D eigenvalue weighted by molar-refractivity contribution is 14.1. The van der Waals surface area contributed by atoms with E-state index in [9.17, 15) is 10.1 Å². The van der Waals surface area contributed by atoms with E-state index in [1.165, 1.54) is 0 Å². The minimum Gasteiger partial charge on any atom is -0.371 e. The third kappa shape index (κ3) is 3.40. The molecular weight excluding hydrogens is 357 g/mol. The predicted molar refractivity (Wildman–Crippen MR) is 82.1 cm³/mol. The maximum absolute atomic E-state index is 11.0. The summed E-state index contributed by atoms with van der Waals surface area (Å²) in [5.74, 6) is 0. The molecule has 2 rings (SSSR count). The molecule has 0 aliphatic carbocycles. The molecule has 1 unspecified atom stereocenters. The van der Waals surface area contributed by atoms with Crippen LogP contribution in [-0.2, 0) is 0 Å². The van der Waals surface area contributed by atoms with Gasteiger partial charge in [0.2, 0.25) is 0 Å². The fourth-order valence-corrected chi connectivity index (χ4v) is 2.19. The summed E-state index contributed by atoms with van der Waals surface area (Å²) in [4.78, 5) is 14.9. The molecule has 1 aromatic carbocycles. The zero-order valence-corrected chi connectivity index (χ0v) is 12.4. The van der Waals surface area contributed by atoms with Crippen molar-refractivity contribution in [3.63, 3.8) is 0 Å². The number of rotatable bonds is 4. The molecule has 1 heterocycles. The minimum atomic E-state index is -0.379. The lowest BCUT2D eigenvalue weighted by Gasteiger charge is -2.14. The Balaban J connectivity index is 2.26. The van der Waals surface area contributed by atoms with Crippen LogP contribution >= 0.6 is 22.6 Å². The molecule has 0 aliphatic heterocycles. The van der Waals surface area contributed by atoms with Crippen LogP contribution in [0.5, 0.6) is 0 Å². The Kier molecular flexibility index (Phi) is 4.31. The van der Waals surface area contributed by atoms with Crippen LogP contribution in [0.3, 0.4) is 0 Å². The Hall–Kier alpha value is -1.70. The fraction of sp³-hybridized carbons (Fsp3) is 0.154. The summed E-state index contributed by atoms with van der Waals surface area (Å²) in [5, 5.41) is 14.2. The van der Waals surface area contributed by atoms with Crippen molar-refractivity contribution in [2.45, 2.75) is 13.0 Å². The van der Waals surface area contributed by atoms with Crippen molar-refractivity contribution in [1.82, 2.24) is 4.98 Å². The van der Waals surface area contributed by atoms with E-state index in [1.807, 2.05) is 31.2 Å². The molecule has 98 valence electrons. The molecule has 0 amide bonds. The van der Waals surface area contributed by atoms with Crippen molar-refractivity contribution in [2.75, 3.05) is 5.32 Å². The highest BCUT2D eigenvalue weighted by atomic mass is 127.